The molecule has 0 aliphatic carbocycles. The second-order valence-corrected chi connectivity index (χ2v) is 4.41. The van der Waals surface area contributed by atoms with E-state index in [1.807, 2.05) is 0 Å². The van der Waals surface area contributed by atoms with Crippen molar-refractivity contribution in [2.45, 2.75) is 6.04 Å². The Balaban J connectivity index is 2.26. The van der Waals surface area contributed by atoms with Gasteiger partial charge in [-0.05, 0) is 6.07 Å². The molecular formula is C11H14ClN3O3. The number of hydrogen-bond donors (Lipinski definition) is 2. The summed E-state index contributed by atoms with van der Waals surface area (Å²) in [6.45, 7) is 1.04. The number of aliphatic hydroxyl groups excluding tert-OH is 1. The van der Waals surface area contributed by atoms with Gasteiger partial charge in [0.1, 0.15) is 5.82 Å². The molecule has 2 heterocycles. The highest BCUT2D eigenvalue weighted by Crippen LogP contribution is 2.20. The molecule has 1 aromatic rings. The first-order valence-electron chi connectivity index (χ1n) is 5.54. The fourth-order valence-electron chi connectivity index (χ4n) is 1.85. The quantitative estimate of drug-likeness (QED) is 0.799. The van der Waals surface area contributed by atoms with Crippen molar-refractivity contribution in [3.63, 3.8) is 0 Å². The highest BCUT2D eigenvalue weighted by atomic mass is 35.5. The fourth-order valence-corrected chi connectivity index (χ4v) is 2.03. The molecule has 6 nitrogen and oxygen atoms in total. The van der Waals surface area contributed by atoms with Gasteiger partial charge in [0.05, 0.1) is 36.4 Å². The molecule has 1 saturated heterocycles. The topological polar surface area (TPSA) is 88.7 Å². The number of nitrogens with two attached hydrogens (primary N) is 1. The van der Waals surface area contributed by atoms with Gasteiger partial charge in [-0.25, -0.2) is 4.98 Å². The van der Waals surface area contributed by atoms with E-state index in [9.17, 15) is 9.90 Å². The molecule has 1 amide bonds. The molecule has 0 saturated carbocycles. The van der Waals surface area contributed by atoms with Crippen LogP contribution in [0.5, 0.6) is 0 Å². The Bertz CT molecular complexity index is 455. The lowest BCUT2D eigenvalue weighted by Crippen LogP contribution is -2.50. The lowest BCUT2D eigenvalue weighted by Gasteiger charge is -2.34. The zero-order valence-corrected chi connectivity index (χ0v) is 10.4. The number of aromatic nitrogens is 1. The van der Waals surface area contributed by atoms with E-state index in [0.717, 1.165) is 0 Å². The molecule has 2 rings (SSSR count). The Morgan fingerprint density at radius 1 is 1.72 bits per heavy atom. The van der Waals surface area contributed by atoms with Crippen molar-refractivity contribution >= 4 is 23.3 Å². The van der Waals surface area contributed by atoms with Crippen molar-refractivity contribution in [3.8, 4) is 0 Å². The third-order valence-electron chi connectivity index (χ3n) is 2.81. The highest BCUT2D eigenvalue weighted by Gasteiger charge is 2.28. The minimum Gasteiger partial charge on any atom is -0.394 e. The summed E-state index contributed by atoms with van der Waals surface area (Å²) >= 11 is 5.94. The number of ether oxygens (including phenoxy) is 1. The first-order valence-corrected chi connectivity index (χ1v) is 5.92. The number of pyridine rings is 1. The van der Waals surface area contributed by atoms with Crippen molar-refractivity contribution in [2.75, 3.05) is 32.1 Å². The highest BCUT2D eigenvalue weighted by molar-refractivity contribution is 6.33. The summed E-state index contributed by atoms with van der Waals surface area (Å²) in [6, 6.07) is 1.09. The van der Waals surface area contributed by atoms with E-state index in [0.29, 0.717) is 25.3 Å². The lowest BCUT2D eigenvalue weighted by atomic mass is 10.1. The summed E-state index contributed by atoms with van der Waals surface area (Å²) in [5, 5.41) is 9.48. The van der Waals surface area contributed by atoms with Crippen LogP contribution in [0.4, 0.5) is 5.82 Å². The van der Waals surface area contributed by atoms with Gasteiger partial charge in [-0.1, -0.05) is 11.6 Å². The molecule has 0 spiro atoms. The maximum atomic E-state index is 12.3. The van der Waals surface area contributed by atoms with Crippen LogP contribution < -0.4 is 5.73 Å². The molecule has 1 unspecified atom stereocenters. The summed E-state index contributed by atoms with van der Waals surface area (Å²) in [7, 11) is 0. The number of rotatable bonds is 2. The molecule has 1 fully saturated rings. The molecule has 1 aromatic heterocycles. The molecule has 1 atom stereocenters. The fraction of sp³-hybridized carbons (Fsp3) is 0.455. The van der Waals surface area contributed by atoms with Gasteiger partial charge in [-0.3, -0.25) is 4.79 Å². The van der Waals surface area contributed by atoms with Crippen LogP contribution in [0.1, 0.15) is 10.4 Å². The monoisotopic (exact) mass is 271 g/mol. The molecule has 1 aliphatic rings. The van der Waals surface area contributed by atoms with Crippen molar-refractivity contribution in [3.05, 3.63) is 22.8 Å². The van der Waals surface area contributed by atoms with E-state index < -0.39 is 0 Å². The third-order valence-corrected chi connectivity index (χ3v) is 3.11. The first-order chi connectivity index (χ1) is 8.63. The average molecular weight is 272 g/mol. The van der Waals surface area contributed by atoms with Gasteiger partial charge in [-0.15, -0.1) is 0 Å². The molecule has 18 heavy (non-hydrogen) atoms. The molecule has 0 bridgehead atoms. The number of morpholine rings is 1. The number of aliphatic hydroxyl groups is 1. The summed E-state index contributed by atoms with van der Waals surface area (Å²) in [4.78, 5) is 17.7. The van der Waals surface area contributed by atoms with Crippen LogP contribution in [-0.2, 0) is 4.74 Å². The van der Waals surface area contributed by atoms with E-state index in [-0.39, 0.29) is 29.4 Å². The second-order valence-electron chi connectivity index (χ2n) is 4.00. The molecule has 3 N–H and O–H groups in total. The standard InChI is InChI=1S/C11H14ClN3O3/c12-9-4-14-10(13)3-8(9)11(17)15-1-2-18-6-7(15)5-16/h3-4,7,16H,1-2,5-6H2,(H2,13,14). The number of halogens is 1. The van der Waals surface area contributed by atoms with Crippen LogP contribution in [-0.4, -0.2) is 53.3 Å². The van der Waals surface area contributed by atoms with Crippen molar-refractivity contribution < 1.29 is 14.6 Å². The number of nitrogens with zero attached hydrogens (tertiary/aromatic N) is 2. The van der Waals surface area contributed by atoms with Gasteiger partial charge in [0.2, 0.25) is 0 Å². The van der Waals surface area contributed by atoms with Crippen molar-refractivity contribution in [2.24, 2.45) is 0 Å². The van der Waals surface area contributed by atoms with Gasteiger partial charge < -0.3 is 20.5 Å². The number of anilines is 1. The van der Waals surface area contributed by atoms with Crippen LogP contribution in [0, 0.1) is 0 Å². The molecule has 98 valence electrons. The van der Waals surface area contributed by atoms with E-state index in [2.05, 4.69) is 4.98 Å². The normalized spacial score (nSPS) is 19.9. The van der Waals surface area contributed by atoms with Crippen LogP contribution >= 0.6 is 11.6 Å². The molecule has 0 radical (unpaired) electrons. The van der Waals surface area contributed by atoms with Crippen LogP contribution in [0.2, 0.25) is 5.02 Å². The average Bonchev–Trinajstić information content (AvgIpc) is 2.40. The predicted octanol–water partition coefficient (Wildman–Crippen LogP) is 0.150. The van der Waals surface area contributed by atoms with Gasteiger partial charge >= 0.3 is 0 Å². The number of nitrogen functional groups attached to an aromatic ring is 1. The number of hydrogen-bond acceptors (Lipinski definition) is 5. The molecule has 1 aliphatic heterocycles. The predicted molar refractivity (Wildman–Crippen MR) is 66.4 cm³/mol. The zero-order chi connectivity index (χ0) is 13.1. The number of carbonyl (C=O) groups excluding carboxylic acids is 1. The van der Waals surface area contributed by atoms with Crippen LogP contribution in [0.3, 0.4) is 0 Å². The summed E-state index contributed by atoms with van der Waals surface area (Å²) in [5.41, 5.74) is 5.84. The number of carbonyl (C=O) groups is 1. The summed E-state index contributed by atoms with van der Waals surface area (Å²) in [6.07, 6.45) is 1.35. The Morgan fingerprint density at radius 3 is 3.22 bits per heavy atom. The largest absolute Gasteiger partial charge is 0.394 e. The second kappa shape index (κ2) is 5.51. The Labute approximate surface area is 109 Å². The van der Waals surface area contributed by atoms with Gasteiger partial charge in [-0.2, -0.15) is 0 Å². The van der Waals surface area contributed by atoms with Gasteiger partial charge in [0, 0.05) is 12.7 Å². The zero-order valence-electron chi connectivity index (χ0n) is 9.67. The van der Waals surface area contributed by atoms with E-state index >= 15 is 0 Å². The Kier molecular flexibility index (Phi) is 4.00. The lowest BCUT2D eigenvalue weighted by molar-refractivity contribution is -0.0183. The number of amides is 1. The summed E-state index contributed by atoms with van der Waals surface area (Å²) in [5.74, 6) is -0.0343. The van der Waals surface area contributed by atoms with Crippen molar-refractivity contribution in [1.82, 2.24) is 9.88 Å². The minimum absolute atomic E-state index is 0.149. The smallest absolute Gasteiger partial charge is 0.256 e. The summed E-state index contributed by atoms with van der Waals surface area (Å²) < 4.78 is 5.22. The molecule has 7 heteroatoms. The third kappa shape index (κ3) is 2.55. The van der Waals surface area contributed by atoms with E-state index in [1.165, 1.54) is 12.3 Å². The SMILES string of the molecule is Nc1cc(C(=O)N2CCOCC2CO)c(Cl)cn1. The van der Waals surface area contributed by atoms with Crippen molar-refractivity contribution in [1.29, 1.82) is 0 Å². The molecular weight excluding hydrogens is 258 g/mol. The Morgan fingerprint density at radius 2 is 2.50 bits per heavy atom. The maximum Gasteiger partial charge on any atom is 0.256 e. The van der Waals surface area contributed by atoms with Crippen LogP contribution in [0.25, 0.3) is 0 Å². The Hall–Kier alpha value is -1.37. The maximum absolute atomic E-state index is 12.3. The minimum atomic E-state index is -0.350. The van der Waals surface area contributed by atoms with Gasteiger partial charge in [0.15, 0.2) is 0 Å². The molecule has 0 aromatic carbocycles. The first kappa shape index (κ1) is 13.1. The van der Waals surface area contributed by atoms with Gasteiger partial charge in [0.25, 0.3) is 5.91 Å². The van der Waals surface area contributed by atoms with Crippen LogP contribution in [0.15, 0.2) is 12.3 Å². The van der Waals surface area contributed by atoms with E-state index in [4.69, 9.17) is 22.1 Å². The van der Waals surface area contributed by atoms with E-state index in [1.54, 1.807) is 4.90 Å².